The number of unbranched alkanes of at least 4 members (excludes halogenated alkanes) is 1. The van der Waals surface area contributed by atoms with Crippen molar-refractivity contribution in [3.63, 3.8) is 0 Å². The van der Waals surface area contributed by atoms with E-state index in [1.54, 1.807) is 42.5 Å². The Bertz CT molecular complexity index is 1090. The number of nitrogens with one attached hydrogen (secondary N) is 1. The van der Waals surface area contributed by atoms with Gasteiger partial charge in [-0.2, -0.15) is 0 Å². The van der Waals surface area contributed by atoms with Crippen molar-refractivity contribution in [1.82, 2.24) is 4.90 Å². The first-order chi connectivity index (χ1) is 17.3. The van der Waals surface area contributed by atoms with Crippen LogP contribution in [-0.4, -0.2) is 64.6 Å². The fourth-order valence-corrected chi connectivity index (χ4v) is 4.27. The van der Waals surface area contributed by atoms with Gasteiger partial charge in [0.1, 0.15) is 5.75 Å². The molecule has 1 fully saturated rings. The number of quaternary nitrogens is 1. The Labute approximate surface area is 213 Å². The highest BCUT2D eigenvalue weighted by Crippen LogP contribution is 2.41. The lowest BCUT2D eigenvalue weighted by Gasteiger charge is -2.28. The SMILES string of the molecule is CCCCOc1ccc(C([O-])=C2C(=O)C(=O)N(CCC[NH+](C)C)C2c2ccc(OC)c(OC)c2)cc1. The van der Waals surface area contributed by atoms with Gasteiger partial charge in [-0.1, -0.05) is 37.3 Å². The van der Waals surface area contributed by atoms with E-state index in [9.17, 15) is 14.7 Å². The van der Waals surface area contributed by atoms with Gasteiger partial charge in [-0.05, 0) is 41.8 Å². The second-order valence-corrected chi connectivity index (χ2v) is 9.12. The summed E-state index contributed by atoms with van der Waals surface area (Å²) >= 11 is 0. The van der Waals surface area contributed by atoms with Crippen molar-refractivity contribution in [3.8, 4) is 17.2 Å². The summed E-state index contributed by atoms with van der Waals surface area (Å²) in [6, 6.07) is 11.1. The van der Waals surface area contributed by atoms with E-state index in [1.165, 1.54) is 24.0 Å². The fraction of sp³-hybridized carbons (Fsp3) is 0.429. The van der Waals surface area contributed by atoms with Crippen molar-refractivity contribution < 1.29 is 33.8 Å². The van der Waals surface area contributed by atoms with Gasteiger partial charge in [0.15, 0.2) is 11.5 Å². The summed E-state index contributed by atoms with van der Waals surface area (Å²) in [5.74, 6) is -0.255. The zero-order chi connectivity index (χ0) is 26.2. The van der Waals surface area contributed by atoms with E-state index >= 15 is 0 Å². The molecule has 1 saturated heterocycles. The highest BCUT2D eigenvalue weighted by Gasteiger charge is 2.44. The lowest BCUT2D eigenvalue weighted by atomic mass is 9.95. The first kappa shape index (κ1) is 27.1. The molecule has 1 atom stereocenters. The first-order valence-electron chi connectivity index (χ1n) is 12.3. The minimum absolute atomic E-state index is 0.0518. The molecule has 0 spiro atoms. The van der Waals surface area contributed by atoms with Gasteiger partial charge in [0, 0.05) is 18.5 Å². The minimum Gasteiger partial charge on any atom is -0.872 e. The van der Waals surface area contributed by atoms with Crippen LogP contribution >= 0.6 is 0 Å². The van der Waals surface area contributed by atoms with Crippen LogP contribution in [0, 0.1) is 0 Å². The van der Waals surface area contributed by atoms with Crippen LogP contribution in [0.1, 0.15) is 43.4 Å². The average molecular weight is 497 g/mol. The fourth-order valence-electron chi connectivity index (χ4n) is 4.27. The number of nitrogens with zero attached hydrogens (tertiary/aromatic N) is 1. The number of Topliss-reactive ketones (excluding diaryl/α,β-unsaturated/α-hetero) is 1. The van der Waals surface area contributed by atoms with Crippen molar-refractivity contribution in [2.45, 2.75) is 32.2 Å². The number of rotatable bonds is 12. The van der Waals surface area contributed by atoms with Crippen LogP contribution in [0.15, 0.2) is 48.0 Å². The maximum atomic E-state index is 13.6. The number of hydrogen-bond acceptors (Lipinski definition) is 6. The first-order valence-corrected chi connectivity index (χ1v) is 12.3. The molecule has 8 nitrogen and oxygen atoms in total. The van der Waals surface area contributed by atoms with E-state index in [0.29, 0.717) is 47.9 Å². The lowest BCUT2D eigenvalue weighted by molar-refractivity contribution is -0.858. The molecule has 0 saturated carbocycles. The van der Waals surface area contributed by atoms with Crippen molar-refractivity contribution in [2.75, 3.05) is 48.0 Å². The number of amides is 1. The zero-order valence-corrected chi connectivity index (χ0v) is 21.8. The summed E-state index contributed by atoms with van der Waals surface area (Å²) in [7, 11) is 7.11. The van der Waals surface area contributed by atoms with Gasteiger partial charge >= 0.3 is 0 Å². The van der Waals surface area contributed by atoms with Crippen molar-refractivity contribution in [2.24, 2.45) is 0 Å². The lowest BCUT2D eigenvalue weighted by Crippen LogP contribution is -3.05. The predicted molar refractivity (Wildman–Crippen MR) is 135 cm³/mol. The Hall–Kier alpha value is -3.52. The van der Waals surface area contributed by atoms with E-state index in [1.807, 2.05) is 14.1 Å². The van der Waals surface area contributed by atoms with Gasteiger partial charge in [0.25, 0.3) is 5.91 Å². The highest BCUT2D eigenvalue weighted by atomic mass is 16.5. The molecule has 0 aromatic heterocycles. The van der Waals surface area contributed by atoms with E-state index in [2.05, 4.69) is 6.92 Å². The van der Waals surface area contributed by atoms with Crippen LogP contribution < -0.4 is 24.2 Å². The quantitative estimate of drug-likeness (QED) is 0.208. The molecule has 0 bridgehead atoms. The summed E-state index contributed by atoms with van der Waals surface area (Å²) in [5, 5.41) is 13.6. The van der Waals surface area contributed by atoms with Crippen molar-refractivity contribution in [3.05, 3.63) is 59.2 Å². The van der Waals surface area contributed by atoms with Gasteiger partial charge in [-0.25, -0.2) is 0 Å². The van der Waals surface area contributed by atoms with Crippen LogP contribution in [0.5, 0.6) is 17.2 Å². The van der Waals surface area contributed by atoms with Gasteiger partial charge in [0.2, 0.25) is 5.78 Å². The topological polar surface area (TPSA) is 92.6 Å². The number of carbonyl (C=O) groups excluding carboxylic acids is 2. The van der Waals surface area contributed by atoms with Gasteiger partial charge in [-0.15, -0.1) is 0 Å². The maximum Gasteiger partial charge on any atom is 0.295 e. The molecule has 1 aliphatic heterocycles. The number of ketones is 1. The van der Waals surface area contributed by atoms with Gasteiger partial charge in [-0.3, -0.25) is 9.59 Å². The molecule has 2 aromatic carbocycles. The number of carbonyl (C=O) groups is 2. The monoisotopic (exact) mass is 496 g/mol. The smallest absolute Gasteiger partial charge is 0.295 e. The van der Waals surface area contributed by atoms with Gasteiger partial charge in [0.05, 0.1) is 47.5 Å². The molecular formula is C28H36N2O6. The van der Waals surface area contributed by atoms with Crippen LogP contribution in [0.3, 0.4) is 0 Å². The van der Waals surface area contributed by atoms with Crippen LogP contribution in [-0.2, 0) is 9.59 Å². The highest BCUT2D eigenvalue weighted by molar-refractivity contribution is 6.46. The van der Waals surface area contributed by atoms with E-state index in [-0.39, 0.29) is 5.57 Å². The zero-order valence-electron chi connectivity index (χ0n) is 21.8. The largest absolute Gasteiger partial charge is 0.872 e. The Morgan fingerprint density at radius 3 is 2.31 bits per heavy atom. The molecule has 1 unspecified atom stereocenters. The summed E-state index contributed by atoms with van der Waals surface area (Å²) in [6.07, 6.45) is 2.65. The molecule has 1 N–H and O–H groups in total. The number of likely N-dealkylation sites (tertiary alicyclic amines) is 1. The maximum absolute atomic E-state index is 13.6. The summed E-state index contributed by atoms with van der Waals surface area (Å²) < 4.78 is 16.5. The summed E-state index contributed by atoms with van der Waals surface area (Å²) in [6.45, 7) is 3.86. The summed E-state index contributed by atoms with van der Waals surface area (Å²) in [5.41, 5.74) is 0.898. The molecule has 0 aliphatic carbocycles. The minimum atomic E-state index is -0.810. The van der Waals surface area contributed by atoms with Crippen LogP contribution in [0.25, 0.3) is 5.76 Å². The molecule has 1 aliphatic rings. The number of hydrogen-bond donors (Lipinski definition) is 1. The number of methoxy groups -OCH3 is 2. The molecule has 1 heterocycles. The van der Waals surface area contributed by atoms with Crippen LogP contribution in [0.4, 0.5) is 0 Å². The number of ether oxygens (including phenoxy) is 3. The van der Waals surface area contributed by atoms with Gasteiger partial charge < -0.3 is 29.1 Å². The molecule has 36 heavy (non-hydrogen) atoms. The Balaban J connectivity index is 2.04. The van der Waals surface area contributed by atoms with Crippen molar-refractivity contribution in [1.29, 1.82) is 0 Å². The molecule has 194 valence electrons. The Kier molecular flexibility index (Phi) is 9.36. The van der Waals surface area contributed by atoms with Crippen molar-refractivity contribution >= 4 is 17.4 Å². The average Bonchev–Trinajstić information content (AvgIpc) is 3.13. The molecule has 0 radical (unpaired) electrons. The Morgan fingerprint density at radius 2 is 1.69 bits per heavy atom. The van der Waals surface area contributed by atoms with E-state index in [0.717, 1.165) is 19.4 Å². The molecule has 8 heteroatoms. The van der Waals surface area contributed by atoms with E-state index < -0.39 is 23.5 Å². The molecule has 3 rings (SSSR count). The third-order valence-electron chi connectivity index (χ3n) is 6.21. The number of benzene rings is 2. The molecule has 1 amide bonds. The second-order valence-electron chi connectivity index (χ2n) is 9.12. The third-order valence-corrected chi connectivity index (χ3v) is 6.21. The Morgan fingerprint density at radius 1 is 1.00 bits per heavy atom. The van der Waals surface area contributed by atoms with E-state index in [4.69, 9.17) is 14.2 Å². The predicted octanol–water partition coefficient (Wildman–Crippen LogP) is 1.64. The normalized spacial score (nSPS) is 17.1. The summed E-state index contributed by atoms with van der Waals surface area (Å²) in [4.78, 5) is 29.0. The third kappa shape index (κ3) is 5.99. The molecular weight excluding hydrogens is 460 g/mol. The molecule has 2 aromatic rings. The standard InChI is InChI=1S/C28H36N2O6/c1-6-7-17-36-21-12-9-19(10-13-21)26(31)24-25(20-11-14-22(34-4)23(18-20)35-5)30(28(33)27(24)32)16-8-15-29(2)3/h9-14,18,25,31H,6-8,15-17H2,1-5H3. The second kappa shape index (κ2) is 12.4. The van der Waals surface area contributed by atoms with Crippen LogP contribution in [0.2, 0.25) is 0 Å².